The molecule has 0 bridgehead atoms. The molecule has 0 rings (SSSR count). The topological polar surface area (TPSA) is 50.1 Å². The fraction of sp³-hybridized carbons (Fsp3) is 0.667. The highest BCUT2D eigenvalue weighted by Gasteiger charge is 1.95. The smallest absolute Gasteiger partial charge is 0.331 e. The fourth-order valence-electron chi connectivity index (χ4n) is 1.21. The zero-order valence-corrected chi connectivity index (χ0v) is 9.37. The summed E-state index contributed by atoms with van der Waals surface area (Å²) in [5.74, 6) is -0.426. The summed E-state index contributed by atoms with van der Waals surface area (Å²) in [6.45, 7) is 2.64. The van der Waals surface area contributed by atoms with Gasteiger partial charge in [0.05, 0.1) is 12.7 Å². The Balaban J connectivity index is 3.21. The minimum Gasteiger partial charge on any atom is -0.463 e. The van der Waals surface area contributed by atoms with Crippen LogP contribution in [0.2, 0.25) is 0 Å². The third kappa shape index (κ3) is 10.6. The van der Waals surface area contributed by atoms with Gasteiger partial charge in [0.2, 0.25) is 0 Å². The number of hydrogen-bond acceptors (Lipinski definition) is 3. The van der Waals surface area contributed by atoms with Crippen molar-refractivity contribution in [2.75, 3.05) is 6.61 Å². The predicted molar refractivity (Wildman–Crippen MR) is 59.1 cm³/mol. The van der Waals surface area contributed by atoms with Gasteiger partial charge in [0.15, 0.2) is 0 Å². The second kappa shape index (κ2) is 10.8. The Morgan fingerprint density at radius 3 is 2.60 bits per heavy atom. The molecule has 0 radical (unpaired) electrons. The molecule has 0 aromatic heterocycles. The standard InChI is InChI=1S/C12H19NO2/c1-2-3-4-5-6-7-11-15-12(14)9-8-10-13/h8-9H,2-7,11H2,1H3. The van der Waals surface area contributed by atoms with E-state index in [-0.39, 0.29) is 0 Å². The van der Waals surface area contributed by atoms with Gasteiger partial charge in [-0.15, -0.1) is 0 Å². The largest absolute Gasteiger partial charge is 0.463 e. The lowest BCUT2D eigenvalue weighted by atomic mass is 10.1. The number of ether oxygens (including phenoxy) is 1. The Kier molecular flexibility index (Phi) is 9.84. The molecule has 3 nitrogen and oxygen atoms in total. The molecule has 0 saturated carbocycles. The van der Waals surface area contributed by atoms with E-state index in [2.05, 4.69) is 6.92 Å². The van der Waals surface area contributed by atoms with Gasteiger partial charge in [-0.1, -0.05) is 39.0 Å². The van der Waals surface area contributed by atoms with Crippen molar-refractivity contribution in [3.05, 3.63) is 12.2 Å². The summed E-state index contributed by atoms with van der Waals surface area (Å²) in [6, 6.07) is 1.74. The average molecular weight is 209 g/mol. The van der Waals surface area contributed by atoms with E-state index in [0.717, 1.165) is 25.0 Å². The lowest BCUT2D eigenvalue weighted by Crippen LogP contribution is -2.01. The zero-order chi connectivity index (χ0) is 11.4. The van der Waals surface area contributed by atoms with Crippen LogP contribution < -0.4 is 0 Å². The number of unbranched alkanes of at least 4 members (excludes halogenated alkanes) is 5. The first-order valence-electron chi connectivity index (χ1n) is 5.54. The van der Waals surface area contributed by atoms with Crippen LogP contribution in [0.3, 0.4) is 0 Å². The van der Waals surface area contributed by atoms with Gasteiger partial charge in [0, 0.05) is 12.2 Å². The number of nitrogens with zero attached hydrogens (tertiary/aromatic N) is 1. The number of rotatable bonds is 8. The van der Waals surface area contributed by atoms with Crippen LogP contribution in [0.5, 0.6) is 0 Å². The van der Waals surface area contributed by atoms with Gasteiger partial charge in [0.1, 0.15) is 0 Å². The lowest BCUT2D eigenvalue weighted by Gasteiger charge is -2.01. The van der Waals surface area contributed by atoms with Gasteiger partial charge >= 0.3 is 5.97 Å². The van der Waals surface area contributed by atoms with Gasteiger partial charge < -0.3 is 4.74 Å². The Labute approximate surface area is 91.7 Å². The summed E-state index contributed by atoms with van der Waals surface area (Å²) in [5.41, 5.74) is 0. The van der Waals surface area contributed by atoms with E-state index in [1.54, 1.807) is 6.07 Å². The third-order valence-electron chi connectivity index (χ3n) is 2.04. The van der Waals surface area contributed by atoms with Crippen molar-refractivity contribution in [2.45, 2.75) is 45.4 Å². The average Bonchev–Trinajstić information content (AvgIpc) is 2.25. The lowest BCUT2D eigenvalue weighted by molar-refractivity contribution is -0.137. The first-order chi connectivity index (χ1) is 7.31. The molecule has 3 heteroatoms. The van der Waals surface area contributed by atoms with Crippen molar-refractivity contribution in [1.29, 1.82) is 5.26 Å². The second-order valence-corrected chi connectivity index (χ2v) is 3.40. The highest BCUT2D eigenvalue weighted by Crippen LogP contribution is 2.04. The van der Waals surface area contributed by atoms with Crippen LogP contribution in [-0.2, 0) is 9.53 Å². The molecule has 0 aromatic carbocycles. The third-order valence-corrected chi connectivity index (χ3v) is 2.04. The summed E-state index contributed by atoms with van der Waals surface area (Å²) in [7, 11) is 0. The molecule has 0 aliphatic carbocycles. The minimum atomic E-state index is -0.426. The van der Waals surface area contributed by atoms with Crippen LogP contribution in [0.15, 0.2) is 12.2 Å². The second-order valence-electron chi connectivity index (χ2n) is 3.40. The van der Waals surface area contributed by atoms with E-state index in [1.807, 2.05) is 0 Å². The van der Waals surface area contributed by atoms with Crippen LogP contribution in [0, 0.1) is 11.3 Å². The van der Waals surface area contributed by atoms with Crippen LogP contribution in [-0.4, -0.2) is 12.6 Å². The van der Waals surface area contributed by atoms with E-state index in [4.69, 9.17) is 10.00 Å². The Bertz CT molecular complexity index is 228. The van der Waals surface area contributed by atoms with E-state index in [0.29, 0.717) is 6.61 Å². The van der Waals surface area contributed by atoms with Crippen molar-refractivity contribution in [3.8, 4) is 6.07 Å². The maximum atomic E-state index is 10.9. The highest BCUT2D eigenvalue weighted by molar-refractivity contribution is 5.82. The summed E-state index contributed by atoms with van der Waals surface area (Å²) in [5, 5.41) is 8.16. The minimum absolute atomic E-state index is 0.426. The van der Waals surface area contributed by atoms with Gasteiger partial charge in [-0.05, 0) is 6.42 Å². The van der Waals surface area contributed by atoms with E-state index < -0.39 is 5.97 Å². The fourth-order valence-corrected chi connectivity index (χ4v) is 1.21. The number of carbonyl (C=O) groups excluding carboxylic acids is 1. The maximum absolute atomic E-state index is 10.9. The van der Waals surface area contributed by atoms with Crippen molar-refractivity contribution >= 4 is 5.97 Å². The number of allylic oxidation sites excluding steroid dienone is 1. The van der Waals surface area contributed by atoms with Crippen molar-refractivity contribution < 1.29 is 9.53 Å². The van der Waals surface area contributed by atoms with Gasteiger partial charge in [-0.2, -0.15) is 5.26 Å². The van der Waals surface area contributed by atoms with Crippen molar-refractivity contribution in [2.24, 2.45) is 0 Å². The summed E-state index contributed by atoms with van der Waals surface area (Å²) in [6.07, 6.45) is 9.29. The first-order valence-corrected chi connectivity index (χ1v) is 5.54. The molecule has 0 heterocycles. The molecule has 0 amide bonds. The van der Waals surface area contributed by atoms with E-state index in [1.165, 1.54) is 25.7 Å². The first kappa shape index (κ1) is 13.7. The molecular formula is C12H19NO2. The Morgan fingerprint density at radius 1 is 1.27 bits per heavy atom. The SMILES string of the molecule is CCCCCCCCOC(=O)C=CC#N. The Morgan fingerprint density at radius 2 is 1.93 bits per heavy atom. The number of carbonyl (C=O) groups is 1. The van der Waals surface area contributed by atoms with Crippen molar-refractivity contribution in [1.82, 2.24) is 0 Å². The molecule has 0 aromatic rings. The maximum Gasteiger partial charge on any atom is 0.331 e. The monoisotopic (exact) mass is 209 g/mol. The molecular weight excluding hydrogens is 190 g/mol. The van der Waals surface area contributed by atoms with Crippen LogP contribution in [0.4, 0.5) is 0 Å². The normalized spacial score (nSPS) is 10.1. The van der Waals surface area contributed by atoms with Gasteiger partial charge in [-0.25, -0.2) is 4.79 Å². The highest BCUT2D eigenvalue weighted by atomic mass is 16.5. The van der Waals surface area contributed by atoms with Crippen LogP contribution in [0.1, 0.15) is 45.4 Å². The molecule has 0 aliphatic heterocycles. The van der Waals surface area contributed by atoms with Gasteiger partial charge in [0.25, 0.3) is 0 Å². The summed E-state index contributed by atoms with van der Waals surface area (Å²) >= 11 is 0. The summed E-state index contributed by atoms with van der Waals surface area (Å²) < 4.78 is 4.87. The quantitative estimate of drug-likeness (QED) is 0.267. The number of hydrogen-bond donors (Lipinski definition) is 0. The molecule has 0 atom stereocenters. The number of nitriles is 1. The molecule has 0 N–H and O–H groups in total. The molecule has 0 unspecified atom stereocenters. The Hall–Kier alpha value is -1.30. The molecule has 15 heavy (non-hydrogen) atoms. The van der Waals surface area contributed by atoms with E-state index >= 15 is 0 Å². The zero-order valence-electron chi connectivity index (χ0n) is 9.37. The summed E-state index contributed by atoms with van der Waals surface area (Å²) in [4.78, 5) is 10.9. The molecule has 0 aliphatic rings. The van der Waals surface area contributed by atoms with Gasteiger partial charge in [-0.3, -0.25) is 0 Å². The molecule has 84 valence electrons. The van der Waals surface area contributed by atoms with Crippen LogP contribution in [0.25, 0.3) is 0 Å². The van der Waals surface area contributed by atoms with Crippen LogP contribution >= 0.6 is 0 Å². The number of esters is 1. The molecule has 0 spiro atoms. The molecule has 0 saturated heterocycles. The molecule has 0 fully saturated rings. The predicted octanol–water partition coefficient (Wildman–Crippen LogP) is 2.97. The van der Waals surface area contributed by atoms with Crippen molar-refractivity contribution in [3.63, 3.8) is 0 Å². The van der Waals surface area contributed by atoms with E-state index in [9.17, 15) is 4.79 Å².